The molecule has 0 spiro atoms. The lowest BCUT2D eigenvalue weighted by Crippen LogP contribution is -2.26. The van der Waals surface area contributed by atoms with Gasteiger partial charge in [0.15, 0.2) is 0 Å². The first-order valence-corrected chi connectivity index (χ1v) is 5.48. The molecule has 0 saturated heterocycles. The monoisotopic (exact) mass is 222 g/mol. The van der Waals surface area contributed by atoms with Gasteiger partial charge in [-0.05, 0) is 20.3 Å². The Morgan fingerprint density at radius 3 is 2.75 bits per heavy atom. The number of ether oxygens (including phenoxy) is 1. The zero-order valence-corrected chi connectivity index (χ0v) is 10.1. The van der Waals surface area contributed by atoms with Crippen LogP contribution in [0.15, 0.2) is 18.6 Å². The van der Waals surface area contributed by atoms with Crippen LogP contribution in [-0.2, 0) is 16.0 Å². The molecule has 1 aromatic rings. The van der Waals surface area contributed by atoms with Gasteiger partial charge in [-0.1, -0.05) is 6.92 Å². The van der Waals surface area contributed by atoms with Gasteiger partial charge in [0.2, 0.25) is 0 Å². The van der Waals surface area contributed by atoms with Crippen molar-refractivity contribution < 1.29 is 9.53 Å². The molecule has 0 fully saturated rings. The van der Waals surface area contributed by atoms with Crippen molar-refractivity contribution in [1.29, 1.82) is 0 Å². The molecule has 0 bridgehead atoms. The third-order valence-corrected chi connectivity index (χ3v) is 2.64. The molecule has 0 saturated carbocycles. The number of carbonyl (C=O) groups is 1. The number of rotatable bonds is 5. The van der Waals surface area contributed by atoms with Crippen molar-refractivity contribution in [1.82, 2.24) is 9.97 Å². The van der Waals surface area contributed by atoms with Gasteiger partial charge < -0.3 is 4.74 Å². The smallest absolute Gasteiger partial charge is 0.311 e. The van der Waals surface area contributed by atoms with Gasteiger partial charge in [0.05, 0.1) is 17.7 Å². The Labute approximate surface area is 96.1 Å². The highest BCUT2D eigenvalue weighted by Crippen LogP contribution is 2.21. The van der Waals surface area contributed by atoms with Crippen LogP contribution in [0, 0.1) is 5.41 Å². The van der Waals surface area contributed by atoms with Gasteiger partial charge in [-0.25, -0.2) is 0 Å². The van der Waals surface area contributed by atoms with Crippen LogP contribution < -0.4 is 0 Å². The van der Waals surface area contributed by atoms with Crippen LogP contribution in [0.2, 0.25) is 0 Å². The minimum absolute atomic E-state index is 0.154. The molecule has 0 atom stereocenters. The molecule has 0 amide bonds. The standard InChI is InChI=1S/C12H18N2O2/c1-4-12(2,3)11(15)16-8-5-10-9-13-6-7-14-10/h6-7,9H,4-5,8H2,1-3H3. The van der Waals surface area contributed by atoms with E-state index in [0.29, 0.717) is 13.0 Å². The Balaban J connectivity index is 2.34. The van der Waals surface area contributed by atoms with Crippen LogP contribution in [0.4, 0.5) is 0 Å². The van der Waals surface area contributed by atoms with Crippen LogP contribution in [-0.4, -0.2) is 22.5 Å². The van der Waals surface area contributed by atoms with Crippen LogP contribution in [0.25, 0.3) is 0 Å². The molecular formula is C12H18N2O2. The number of hydrogen-bond donors (Lipinski definition) is 0. The largest absolute Gasteiger partial charge is 0.465 e. The lowest BCUT2D eigenvalue weighted by molar-refractivity contribution is -0.154. The van der Waals surface area contributed by atoms with Crippen LogP contribution in [0.3, 0.4) is 0 Å². The van der Waals surface area contributed by atoms with Gasteiger partial charge in [0.25, 0.3) is 0 Å². The predicted octanol–water partition coefficient (Wildman–Crippen LogP) is 2.00. The molecule has 0 aliphatic rings. The summed E-state index contributed by atoms with van der Waals surface area (Å²) in [5.74, 6) is -0.154. The summed E-state index contributed by atoms with van der Waals surface area (Å²) in [6.45, 7) is 6.11. The van der Waals surface area contributed by atoms with Crippen molar-refractivity contribution in [3.63, 3.8) is 0 Å². The highest BCUT2D eigenvalue weighted by atomic mass is 16.5. The first kappa shape index (κ1) is 12.6. The minimum Gasteiger partial charge on any atom is -0.465 e. The van der Waals surface area contributed by atoms with Crippen molar-refractivity contribution in [2.75, 3.05) is 6.61 Å². The summed E-state index contributed by atoms with van der Waals surface area (Å²) in [5, 5.41) is 0. The average Bonchev–Trinajstić information content (AvgIpc) is 2.30. The van der Waals surface area contributed by atoms with E-state index in [2.05, 4.69) is 9.97 Å². The molecule has 0 aromatic carbocycles. The zero-order valence-electron chi connectivity index (χ0n) is 10.1. The molecule has 0 unspecified atom stereocenters. The second-order valence-corrected chi connectivity index (χ2v) is 4.32. The Hall–Kier alpha value is -1.45. The van der Waals surface area contributed by atoms with E-state index >= 15 is 0 Å². The fourth-order valence-electron chi connectivity index (χ4n) is 1.05. The first-order valence-electron chi connectivity index (χ1n) is 5.48. The van der Waals surface area contributed by atoms with Crippen LogP contribution in [0.1, 0.15) is 32.9 Å². The number of hydrogen-bond acceptors (Lipinski definition) is 4. The molecule has 0 radical (unpaired) electrons. The Kier molecular flexibility index (Phi) is 4.40. The SMILES string of the molecule is CCC(C)(C)C(=O)OCCc1cnccn1. The maximum Gasteiger partial charge on any atom is 0.311 e. The number of carbonyl (C=O) groups excluding carboxylic acids is 1. The molecule has 1 heterocycles. The van der Waals surface area contributed by atoms with E-state index in [4.69, 9.17) is 4.74 Å². The van der Waals surface area contributed by atoms with Crippen molar-refractivity contribution in [3.05, 3.63) is 24.3 Å². The third-order valence-electron chi connectivity index (χ3n) is 2.64. The van der Waals surface area contributed by atoms with Crippen LogP contribution >= 0.6 is 0 Å². The number of aromatic nitrogens is 2. The molecule has 1 rings (SSSR count). The molecule has 88 valence electrons. The van der Waals surface area contributed by atoms with Gasteiger partial charge in [-0.15, -0.1) is 0 Å². The van der Waals surface area contributed by atoms with E-state index in [-0.39, 0.29) is 5.97 Å². The maximum atomic E-state index is 11.6. The topological polar surface area (TPSA) is 52.1 Å². The van der Waals surface area contributed by atoms with E-state index in [0.717, 1.165) is 12.1 Å². The second kappa shape index (κ2) is 5.58. The molecule has 4 nitrogen and oxygen atoms in total. The first-order chi connectivity index (χ1) is 7.56. The summed E-state index contributed by atoms with van der Waals surface area (Å²) in [4.78, 5) is 19.7. The molecular weight excluding hydrogens is 204 g/mol. The Morgan fingerprint density at radius 1 is 1.44 bits per heavy atom. The van der Waals surface area contributed by atoms with Gasteiger partial charge >= 0.3 is 5.97 Å². The second-order valence-electron chi connectivity index (χ2n) is 4.32. The van der Waals surface area contributed by atoms with Gasteiger partial charge in [-0.2, -0.15) is 0 Å². The van der Waals surface area contributed by atoms with E-state index in [9.17, 15) is 4.79 Å². The van der Waals surface area contributed by atoms with E-state index in [1.807, 2.05) is 20.8 Å². The normalized spacial score (nSPS) is 11.2. The van der Waals surface area contributed by atoms with Crippen LogP contribution in [0.5, 0.6) is 0 Å². The summed E-state index contributed by atoms with van der Waals surface area (Å²) < 4.78 is 5.19. The molecule has 0 aliphatic carbocycles. The van der Waals surface area contributed by atoms with Crippen molar-refractivity contribution >= 4 is 5.97 Å². The maximum absolute atomic E-state index is 11.6. The highest BCUT2D eigenvalue weighted by Gasteiger charge is 2.26. The van der Waals surface area contributed by atoms with Crippen molar-refractivity contribution in [2.45, 2.75) is 33.6 Å². The average molecular weight is 222 g/mol. The molecule has 1 aromatic heterocycles. The zero-order chi connectivity index (χ0) is 12.0. The third kappa shape index (κ3) is 3.61. The summed E-state index contributed by atoms with van der Waals surface area (Å²) in [6, 6.07) is 0. The lowest BCUT2D eigenvalue weighted by atomic mass is 9.91. The fourth-order valence-corrected chi connectivity index (χ4v) is 1.05. The van der Waals surface area contributed by atoms with E-state index < -0.39 is 5.41 Å². The summed E-state index contributed by atoms with van der Waals surface area (Å²) >= 11 is 0. The summed E-state index contributed by atoms with van der Waals surface area (Å²) in [7, 11) is 0. The Morgan fingerprint density at radius 2 is 2.19 bits per heavy atom. The highest BCUT2D eigenvalue weighted by molar-refractivity contribution is 5.75. The quantitative estimate of drug-likeness (QED) is 0.715. The lowest BCUT2D eigenvalue weighted by Gasteiger charge is -2.20. The fraction of sp³-hybridized carbons (Fsp3) is 0.583. The van der Waals surface area contributed by atoms with Gasteiger partial charge in [-0.3, -0.25) is 14.8 Å². The van der Waals surface area contributed by atoms with Gasteiger partial charge in [0.1, 0.15) is 0 Å². The number of esters is 1. The summed E-state index contributed by atoms with van der Waals surface area (Å²) in [5.41, 5.74) is 0.437. The van der Waals surface area contributed by atoms with E-state index in [1.165, 1.54) is 0 Å². The predicted molar refractivity (Wildman–Crippen MR) is 60.8 cm³/mol. The summed E-state index contributed by atoms with van der Waals surface area (Å²) in [6.07, 6.45) is 6.32. The van der Waals surface area contributed by atoms with E-state index in [1.54, 1.807) is 18.6 Å². The Bertz CT molecular complexity index is 336. The van der Waals surface area contributed by atoms with Crippen molar-refractivity contribution in [2.24, 2.45) is 5.41 Å². The molecule has 16 heavy (non-hydrogen) atoms. The minimum atomic E-state index is -0.400. The number of nitrogens with zero attached hydrogens (tertiary/aromatic N) is 2. The molecule has 0 aliphatic heterocycles. The molecule has 4 heteroatoms. The van der Waals surface area contributed by atoms with Crippen molar-refractivity contribution in [3.8, 4) is 0 Å². The van der Waals surface area contributed by atoms with Gasteiger partial charge in [0, 0.05) is 25.0 Å². The molecule has 0 N–H and O–H groups in total.